The predicted molar refractivity (Wildman–Crippen MR) is 94.1 cm³/mol. The van der Waals surface area contributed by atoms with Gasteiger partial charge in [0.1, 0.15) is 0 Å². The van der Waals surface area contributed by atoms with E-state index in [0.717, 1.165) is 30.9 Å². The van der Waals surface area contributed by atoms with Gasteiger partial charge in [0, 0.05) is 20.1 Å². The Morgan fingerprint density at radius 3 is 2.39 bits per heavy atom. The standard InChI is InChI=1S/C19H22N4/c1-21-19(22-13-5-8-16-6-3-2-4-7-16)23-15-18-11-9-17(14-20)10-12-18/h2-4,6-7,9-12H,5,8,13,15H2,1H3,(H2,21,22,23). The summed E-state index contributed by atoms with van der Waals surface area (Å²) >= 11 is 0. The largest absolute Gasteiger partial charge is 0.356 e. The van der Waals surface area contributed by atoms with Crippen LogP contribution in [-0.2, 0) is 13.0 Å². The van der Waals surface area contributed by atoms with E-state index in [1.165, 1.54) is 5.56 Å². The van der Waals surface area contributed by atoms with Gasteiger partial charge in [-0.2, -0.15) is 5.26 Å². The fourth-order valence-corrected chi connectivity index (χ4v) is 2.25. The van der Waals surface area contributed by atoms with Gasteiger partial charge in [0.05, 0.1) is 11.6 Å². The van der Waals surface area contributed by atoms with Crippen LogP contribution in [0.3, 0.4) is 0 Å². The molecule has 23 heavy (non-hydrogen) atoms. The maximum absolute atomic E-state index is 8.79. The Kier molecular flexibility index (Phi) is 6.67. The summed E-state index contributed by atoms with van der Waals surface area (Å²) in [6.45, 7) is 1.56. The second-order valence-electron chi connectivity index (χ2n) is 5.25. The molecule has 0 aliphatic carbocycles. The van der Waals surface area contributed by atoms with Gasteiger partial charge in [-0.05, 0) is 36.1 Å². The molecule has 2 N–H and O–H groups in total. The van der Waals surface area contributed by atoms with Crippen LogP contribution in [0.4, 0.5) is 0 Å². The molecule has 0 aromatic heterocycles. The average Bonchev–Trinajstić information content (AvgIpc) is 2.62. The number of nitrogens with zero attached hydrogens (tertiary/aromatic N) is 2. The van der Waals surface area contributed by atoms with Crippen molar-refractivity contribution in [2.75, 3.05) is 13.6 Å². The second kappa shape index (κ2) is 9.26. The first-order valence-electron chi connectivity index (χ1n) is 7.79. The van der Waals surface area contributed by atoms with Crippen molar-refractivity contribution in [3.05, 3.63) is 71.3 Å². The fourth-order valence-electron chi connectivity index (χ4n) is 2.25. The molecule has 0 fully saturated rings. The van der Waals surface area contributed by atoms with Crippen LogP contribution < -0.4 is 10.6 Å². The number of nitrogens with one attached hydrogen (secondary N) is 2. The van der Waals surface area contributed by atoms with Crippen molar-refractivity contribution < 1.29 is 0 Å². The van der Waals surface area contributed by atoms with Crippen molar-refractivity contribution in [2.24, 2.45) is 4.99 Å². The van der Waals surface area contributed by atoms with E-state index in [1.807, 2.05) is 30.3 Å². The summed E-state index contributed by atoms with van der Waals surface area (Å²) in [7, 11) is 1.77. The molecule has 0 unspecified atom stereocenters. The number of guanidine groups is 1. The molecule has 0 aliphatic heterocycles. The maximum Gasteiger partial charge on any atom is 0.191 e. The highest BCUT2D eigenvalue weighted by atomic mass is 15.2. The molecule has 4 heteroatoms. The van der Waals surface area contributed by atoms with Gasteiger partial charge in [0.25, 0.3) is 0 Å². The van der Waals surface area contributed by atoms with Crippen LogP contribution in [0, 0.1) is 11.3 Å². The Bertz CT molecular complexity index is 654. The number of aryl methyl sites for hydroxylation is 1. The Morgan fingerprint density at radius 2 is 1.74 bits per heavy atom. The first-order valence-corrected chi connectivity index (χ1v) is 7.79. The zero-order valence-electron chi connectivity index (χ0n) is 13.4. The molecule has 0 amide bonds. The van der Waals surface area contributed by atoms with E-state index in [-0.39, 0.29) is 0 Å². The van der Waals surface area contributed by atoms with Gasteiger partial charge < -0.3 is 10.6 Å². The summed E-state index contributed by atoms with van der Waals surface area (Å²) in [6.07, 6.45) is 2.11. The lowest BCUT2D eigenvalue weighted by molar-refractivity contribution is 0.742. The summed E-state index contributed by atoms with van der Waals surface area (Å²) < 4.78 is 0. The minimum Gasteiger partial charge on any atom is -0.356 e. The number of benzene rings is 2. The van der Waals surface area contributed by atoms with Crippen molar-refractivity contribution in [3.8, 4) is 6.07 Å². The fraction of sp³-hybridized carbons (Fsp3) is 0.263. The summed E-state index contributed by atoms with van der Waals surface area (Å²) in [6, 6.07) is 20.2. The smallest absolute Gasteiger partial charge is 0.191 e. The molecule has 0 heterocycles. The van der Waals surface area contributed by atoms with Gasteiger partial charge in [0.15, 0.2) is 5.96 Å². The third-order valence-electron chi connectivity index (χ3n) is 3.54. The monoisotopic (exact) mass is 306 g/mol. The molecule has 0 spiro atoms. The molecule has 118 valence electrons. The lowest BCUT2D eigenvalue weighted by Crippen LogP contribution is -2.37. The number of nitriles is 1. The molecular weight excluding hydrogens is 284 g/mol. The minimum atomic E-state index is 0.678. The third-order valence-corrected chi connectivity index (χ3v) is 3.54. The molecule has 2 aromatic rings. The molecule has 0 radical (unpaired) electrons. The lowest BCUT2D eigenvalue weighted by Gasteiger charge is -2.12. The summed E-state index contributed by atoms with van der Waals surface area (Å²) in [5.41, 5.74) is 3.16. The Labute approximate surface area is 137 Å². The summed E-state index contributed by atoms with van der Waals surface area (Å²) in [4.78, 5) is 4.22. The zero-order chi connectivity index (χ0) is 16.3. The molecule has 0 atom stereocenters. The van der Waals surface area contributed by atoms with Crippen LogP contribution >= 0.6 is 0 Å². The Morgan fingerprint density at radius 1 is 1.00 bits per heavy atom. The molecule has 0 bridgehead atoms. The van der Waals surface area contributed by atoms with E-state index in [9.17, 15) is 0 Å². The van der Waals surface area contributed by atoms with Gasteiger partial charge in [-0.25, -0.2) is 0 Å². The van der Waals surface area contributed by atoms with Gasteiger partial charge >= 0.3 is 0 Å². The molecule has 2 aromatic carbocycles. The van der Waals surface area contributed by atoms with Crippen LogP contribution in [0.25, 0.3) is 0 Å². The van der Waals surface area contributed by atoms with Crippen LogP contribution in [0.1, 0.15) is 23.1 Å². The molecule has 0 aliphatic rings. The summed E-state index contributed by atoms with van der Waals surface area (Å²) in [5, 5.41) is 15.4. The Hall–Kier alpha value is -2.80. The maximum atomic E-state index is 8.79. The molecule has 0 saturated carbocycles. The molecular formula is C19H22N4. The van der Waals surface area contributed by atoms with Crippen LogP contribution in [-0.4, -0.2) is 19.6 Å². The van der Waals surface area contributed by atoms with E-state index < -0.39 is 0 Å². The number of hydrogen-bond acceptors (Lipinski definition) is 2. The van der Waals surface area contributed by atoms with E-state index in [2.05, 4.69) is 46.0 Å². The normalized spacial score (nSPS) is 10.9. The van der Waals surface area contributed by atoms with Crippen LogP contribution in [0.2, 0.25) is 0 Å². The first kappa shape index (κ1) is 16.6. The zero-order valence-corrected chi connectivity index (χ0v) is 13.4. The highest BCUT2D eigenvalue weighted by Gasteiger charge is 1.99. The van der Waals surface area contributed by atoms with Crippen LogP contribution in [0.15, 0.2) is 59.6 Å². The van der Waals surface area contributed by atoms with Gasteiger partial charge in [-0.15, -0.1) is 0 Å². The number of rotatable bonds is 6. The quantitative estimate of drug-likeness (QED) is 0.490. The van der Waals surface area contributed by atoms with Crippen molar-refractivity contribution in [2.45, 2.75) is 19.4 Å². The van der Waals surface area contributed by atoms with Crippen molar-refractivity contribution in [1.29, 1.82) is 5.26 Å². The van der Waals surface area contributed by atoms with Gasteiger partial charge in [-0.1, -0.05) is 42.5 Å². The Balaban J connectivity index is 1.70. The average molecular weight is 306 g/mol. The number of hydrogen-bond donors (Lipinski definition) is 2. The molecule has 4 nitrogen and oxygen atoms in total. The summed E-state index contributed by atoms with van der Waals surface area (Å²) in [5.74, 6) is 0.794. The van der Waals surface area contributed by atoms with Crippen molar-refractivity contribution in [1.82, 2.24) is 10.6 Å². The minimum absolute atomic E-state index is 0.678. The van der Waals surface area contributed by atoms with E-state index >= 15 is 0 Å². The van der Waals surface area contributed by atoms with Gasteiger partial charge in [-0.3, -0.25) is 4.99 Å². The predicted octanol–water partition coefficient (Wildman–Crippen LogP) is 2.86. The highest BCUT2D eigenvalue weighted by molar-refractivity contribution is 5.79. The van der Waals surface area contributed by atoms with Crippen LogP contribution in [0.5, 0.6) is 0 Å². The second-order valence-corrected chi connectivity index (χ2v) is 5.25. The highest BCUT2D eigenvalue weighted by Crippen LogP contribution is 2.03. The van der Waals surface area contributed by atoms with E-state index in [4.69, 9.17) is 5.26 Å². The number of aliphatic imine (C=N–C) groups is 1. The first-order chi connectivity index (χ1) is 11.3. The topological polar surface area (TPSA) is 60.2 Å². The SMILES string of the molecule is CN=C(NCCCc1ccccc1)NCc1ccc(C#N)cc1. The lowest BCUT2D eigenvalue weighted by atomic mass is 10.1. The van der Waals surface area contributed by atoms with E-state index in [0.29, 0.717) is 12.1 Å². The molecule has 0 saturated heterocycles. The van der Waals surface area contributed by atoms with E-state index in [1.54, 1.807) is 7.05 Å². The van der Waals surface area contributed by atoms with Gasteiger partial charge in [0.2, 0.25) is 0 Å². The van der Waals surface area contributed by atoms with Crippen molar-refractivity contribution >= 4 is 5.96 Å². The van der Waals surface area contributed by atoms with Crippen molar-refractivity contribution in [3.63, 3.8) is 0 Å². The third kappa shape index (κ3) is 5.84. The molecule has 2 rings (SSSR count).